The first-order chi connectivity index (χ1) is 10.2. The van der Waals surface area contributed by atoms with Gasteiger partial charge in [0, 0.05) is 18.2 Å². The van der Waals surface area contributed by atoms with Crippen molar-refractivity contribution in [2.75, 3.05) is 6.54 Å². The quantitative estimate of drug-likeness (QED) is 0.684. The normalized spacial score (nSPS) is 23.5. The second kappa shape index (κ2) is 5.81. The van der Waals surface area contributed by atoms with Crippen molar-refractivity contribution < 1.29 is 9.72 Å². The molecule has 6 heteroatoms. The number of nitro benzene ring substituents is 1. The molecule has 1 aromatic rings. The Bertz CT molecular complexity index is 538. The van der Waals surface area contributed by atoms with Gasteiger partial charge in [-0.05, 0) is 30.5 Å². The molecule has 2 fully saturated rings. The van der Waals surface area contributed by atoms with Gasteiger partial charge in [0.05, 0.1) is 11.5 Å². The summed E-state index contributed by atoms with van der Waals surface area (Å²) in [5.41, 5.74) is 0.990. The molecule has 1 atom stereocenters. The Morgan fingerprint density at radius 2 is 1.81 bits per heavy atom. The zero-order valence-electron chi connectivity index (χ0n) is 11.8. The van der Waals surface area contributed by atoms with Crippen LogP contribution in [0, 0.1) is 10.1 Å². The Morgan fingerprint density at radius 3 is 2.43 bits per heavy atom. The number of nitrogens with one attached hydrogen (secondary N) is 1. The summed E-state index contributed by atoms with van der Waals surface area (Å²) in [5, 5.41) is 13.9. The molecule has 112 valence electrons. The Balaban J connectivity index is 1.82. The van der Waals surface area contributed by atoms with Gasteiger partial charge >= 0.3 is 0 Å². The van der Waals surface area contributed by atoms with E-state index < -0.39 is 4.92 Å². The van der Waals surface area contributed by atoms with Gasteiger partial charge in [-0.25, -0.2) is 0 Å². The molecule has 1 aromatic carbocycles. The molecular weight excluding hydrogens is 270 g/mol. The lowest BCUT2D eigenvalue weighted by Gasteiger charge is -2.35. The van der Waals surface area contributed by atoms with Crippen LogP contribution in [0.25, 0.3) is 0 Å². The molecule has 1 aliphatic heterocycles. The van der Waals surface area contributed by atoms with Gasteiger partial charge < -0.3 is 4.90 Å². The molecule has 0 bridgehead atoms. The molecule has 2 aliphatic rings. The minimum absolute atomic E-state index is 0.0762. The monoisotopic (exact) mass is 289 g/mol. The van der Waals surface area contributed by atoms with Crippen molar-refractivity contribution in [1.29, 1.82) is 0 Å². The van der Waals surface area contributed by atoms with Crippen molar-refractivity contribution in [3.63, 3.8) is 0 Å². The predicted octanol–water partition coefficient (Wildman–Crippen LogP) is 2.36. The first-order valence-electron chi connectivity index (χ1n) is 7.46. The number of carbonyl (C=O) groups excluding carboxylic acids is 1. The van der Waals surface area contributed by atoms with E-state index in [2.05, 4.69) is 5.32 Å². The van der Waals surface area contributed by atoms with Gasteiger partial charge in [-0.2, -0.15) is 0 Å². The molecule has 0 aromatic heterocycles. The highest BCUT2D eigenvalue weighted by atomic mass is 16.6. The van der Waals surface area contributed by atoms with E-state index in [0.717, 1.165) is 18.4 Å². The van der Waals surface area contributed by atoms with Gasteiger partial charge in [-0.1, -0.05) is 19.3 Å². The molecule has 1 amide bonds. The number of benzene rings is 1. The average molecular weight is 289 g/mol. The van der Waals surface area contributed by atoms with Gasteiger partial charge in [0.2, 0.25) is 5.91 Å². The molecule has 1 saturated heterocycles. The molecule has 0 spiro atoms. The van der Waals surface area contributed by atoms with E-state index in [1.54, 1.807) is 12.1 Å². The minimum atomic E-state index is -0.407. The van der Waals surface area contributed by atoms with Crippen molar-refractivity contribution in [1.82, 2.24) is 10.2 Å². The first kappa shape index (κ1) is 14.0. The largest absolute Gasteiger partial charge is 0.319 e. The molecule has 1 unspecified atom stereocenters. The molecule has 3 rings (SSSR count). The summed E-state index contributed by atoms with van der Waals surface area (Å²) in [4.78, 5) is 24.4. The van der Waals surface area contributed by atoms with E-state index in [4.69, 9.17) is 0 Å². The first-order valence-corrected chi connectivity index (χ1v) is 7.46. The summed E-state index contributed by atoms with van der Waals surface area (Å²) >= 11 is 0. The second-order valence-corrected chi connectivity index (χ2v) is 5.72. The van der Waals surface area contributed by atoms with E-state index in [9.17, 15) is 14.9 Å². The predicted molar refractivity (Wildman–Crippen MR) is 77.6 cm³/mol. The Hall–Kier alpha value is -1.95. The van der Waals surface area contributed by atoms with Crippen LogP contribution in [-0.2, 0) is 4.79 Å². The van der Waals surface area contributed by atoms with Gasteiger partial charge in [0.25, 0.3) is 5.69 Å². The van der Waals surface area contributed by atoms with Crippen LogP contribution >= 0.6 is 0 Å². The van der Waals surface area contributed by atoms with Gasteiger partial charge in [0.15, 0.2) is 0 Å². The fourth-order valence-electron chi connectivity index (χ4n) is 3.35. The standard InChI is InChI=1S/C15H19N3O3/c19-14-10-16-15(17(14)12-4-2-1-3-5-12)11-6-8-13(9-7-11)18(20)21/h6-9,12,15-16H,1-5,10H2. The summed E-state index contributed by atoms with van der Waals surface area (Å²) in [6.45, 7) is 0.345. The number of nitrogens with zero attached hydrogens (tertiary/aromatic N) is 2. The smallest absolute Gasteiger partial charge is 0.269 e. The Morgan fingerprint density at radius 1 is 1.14 bits per heavy atom. The molecule has 21 heavy (non-hydrogen) atoms. The van der Waals surface area contributed by atoms with Crippen LogP contribution in [0.3, 0.4) is 0 Å². The number of rotatable bonds is 3. The zero-order chi connectivity index (χ0) is 14.8. The van der Waals surface area contributed by atoms with Crippen LogP contribution in [-0.4, -0.2) is 28.3 Å². The number of hydrogen-bond acceptors (Lipinski definition) is 4. The highest BCUT2D eigenvalue weighted by Crippen LogP contribution is 2.32. The summed E-state index contributed by atoms with van der Waals surface area (Å²) < 4.78 is 0. The molecule has 1 heterocycles. The molecule has 1 saturated carbocycles. The molecule has 1 N–H and O–H groups in total. The fourth-order valence-corrected chi connectivity index (χ4v) is 3.35. The van der Waals surface area contributed by atoms with E-state index >= 15 is 0 Å². The summed E-state index contributed by atoms with van der Waals surface area (Å²) in [6, 6.07) is 6.77. The maximum atomic E-state index is 12.2. The number of amides is 1. The molecule has 1 aliphatic carbocycles. The van der Waals surface area contributed by atoms with Gasteiger partial charge in [0.1, 0.15) is 6.17 Å². The van der Waals surface area contributed by atoms with Crippen molar-refractivity contribution in [3.8, 4) is 0 Å². The van der Waals surface area contributed by atoms with E-state index in [-0.39, 0.29) is 17.8 Å². The fraction of sp³-hybridized carbons (Fsp3) is 0.533. The van der Waals surface area contributed by atoms with Crippen LogP contribution in [0.4, 0.5) is 5.69 Å². The third kappa shape index (κ3) is 2.76. The van der Waals surface area contributed by atoms with E-state index in [1.807, 2.05) is 4.90 Å². The Kier molecular flexibility index (Phi) is 3.88. The van der Waals surface area contributed by atoms with Crippen molar-refractivity contribution in [2.24, 2.45) is 0 Å². The van der Waals surface area contributed by atoms with Crippen LogP contribution in [0.15, 0.2) is 24.3 Å². The van der Waals surface area contributed by atoms with Gasteiger partial charge in [-0.3, -0.25) is 20.2 Å². The lowest BCUT2D eigenvalue weighted by atomic mass is 9.93. The molecular formula is C15H19N3O3. The van der Waals surface area contributed by atoms with Gasteiger partial charge in [-0.15, -0.1) is 0 Å². The summed E-state index contributed by atoms with van der Waals surface area (Å²) in [7, 11) is 0. The van der Waals surface area contributed by atoms with Crippen LogP contribution in [0.2, 0.25) is 0 Å². The van der Waals surface area contributed by atoms with Crippen molar-refractivity contribution in [3.05, 3.63) is 39.9 Å². The zero-order valence-corrected chi connectivity index (χ0v) is 11.8. The maximum absolute atomic E-state index is 12.2. The third-order valence-electron chi connectivity index (χ3n) is 4.40. The minimum Gasteiger partial charge on any atom is -0.319 e. The van der Waals surface area contributed by atoms with E-state index in [1.165, 1.54) is 31.4 Å². The van der Waals surface area contributed by atoms with Crippen LogP contribution in [0.1, 0.15) is 43.8 Å². The van der Waals surface area contributed by atoms with Crippen molar-refractivity contribution in [2.45, 2.75) is 44.3 Å². The van der Waals surface area contributed by atoms with Crippen LogP contribution in [0.5, 0.6) is 0 Å². The number of hydrogen-bond donors (Lipinski definition) is 1. The number of carbonyl (C=O) groups is 1. The maximum Gasteiger partial charge on any atom is 0.269 e. The summed E-state index contributed by atoms with van der Waals surface area (Å²) in [6.07, 6.45) is 5.53. The third-order valence-corrected chi connectivity index (χ3v) is 4.40. The lowest BCUT2D eigenvalue weighted by molar-refractivity contribution is -0.384. The molecule has 0 radical (unpaired) electrons. The lowest BCUT2D eigenvalue weighted by Crippen LogP contribution is -2.40. The Labute approximate surface area is 123 Å². The highest BCUT2D eigenvalue weighted by Gasteiger charge is 2.37. The van der Waals surface area contributed by atoms with Crippen molar-refractivity contribution >= 4 is 11.6 Å². The number of non-ortho nitro benzene ring substituents is 1. The SMILES string of the molecule is O=C1CNC(c2ccc([N+](=O)[O-])cc2)N1C1CCCCC1. The van der Waals surface area contributed by atoms with Crippen LogP contribution < -0.4 is 5.32 Å². The molecule has 6 nitrogen and oxygen atoms in total. The van der Waals surface area contributed by atoms with E-state index in [0.29, 0.717) is 12.6 Å². The number of nitro groups is 1. The highest BCUT2D eigenvalue weighted by molar-refractivity contribution is 5.81. The average Bonchev–Trinajstić information content (AvgIpc) is 2.90. The topological polar surface area (TPSA) is 75.5 Å². The summed E-state index contributed by atoms with van der Waals surface area (Å²) in [5.74, 6) is 0.130. The second-order valence-electron chi connectivity index (χ2n) is 5.72.